The zero-order valence-electron chi connectivity index (χ0n) is 15.8. The molecule has 28 heavy (non-hydrogen) atoms. The number of hydrogen-bond donors (Lipinski definition) is 0. The molecule has 0 N–H and O–H groups in total. The van der Waals surface area contributed by atoms with E-state index in [0.717, 1.165) is 11.1 Å². The number of rotatable bonds is 4. The number of pyridine rings is 2. The van der Waals surface area contributed by atoms with Gasteiger partial charge in [0.05, 0.1) is 17.5 Å². The molecule has 0 unspecified atom stereocenters. The van der Waals surface area contributed by atoms with Crippen molar-refractivity contribution in [3.8, 4) is 0 Å². The van der Waals surface area contributed by atoms with Crippen LogP contribution in [-0.2, 0) is 11.3 Å². The quantitative estimate of drug-likeness (QED) is 0.508. The summed E-state index contributed by atoms with van der Waals surface area (Å²) in [7, 11) is 0. The maximum atomic E-state index is 12.4. The van der Waals surface area contributed by atoms with Gasteiger partial charge < -0.3 is 4.74 Å². The number of esters is 1. The Morgan fingerprint density at radius 1 is 1.21 bits per heavy atom. The lowest BCUT2D eigenvalue weighted by Crippen LogP contribution is -2.18. The van der Waals surface area contributed by atoms with Crippen molar-refractivity contribution < 1.29 is 9.53 Å². The van der Waals surface area contributed by atoms with Crippen LogP contribution in [0.4, 0.5) is 0 Å². The molecular formula is C20H19N5O3. The molecule has 4 aromatic rings. The summed E-state index contributed by atoms with van der Waals surface area (Å²) < 4.78 is 8.63. The molecule has 0 aliphatic rings. The Labute approximate surface area is 160 Å². The standard InChI is InChI=1S/C20H19N5O3/c1-12(2)25-19-14(10-22-25)7-15(9-21-19)20(27)28-11-16-8-18(26)24-13(3)5-4-6-17(24)23-16/h4-10,12H,11H2,1-3H3. The number of aromatic nitrogens is 5. The zero-order chi connectivity index (χ0) is 19.8. The molecule has 0 amide bonds. The number of carbonyl (C=O) groups excluding carboxylic acids is 1. The Kier molecular flexibility index (Phi) is 4.38. The van der Waals surface area contributed by atoms with Gasteiger partial charge in [-0.2, -0.15) is 5.10 Å². The molecule has 4 heterocycles. The summed E-state index contributed by atoms with van der Waals surface area (Å²) >= 11 is 0. The summed E-state index contributed by atoms with van der Waals surface area (Å²) in [6.07, 6.45) is 3.14. The Morgan fingerprint density at radius 2 is 2.04 bits per heavy atom. The summed E-state index contributed by atoms with van der Waals surface area (Å²) in [5, 5.41) is 5.05. The van der Waals surface area contributed by atoms with Gasteiger partial charge in [0.25, 0.3) is 5.56 Å². The fraction of sp³-hybridized carbons (Fsp3) is 0.250. The Balaban J connectivity index is 1.55. The van der Waals surface area contributed by atoms with Crippen molar-refractivity contribution in [2.24, 2.45) is 0 Å². The zero-order valence-corrected chi connectivity index (χ0v) is 15.8. The van der Waals surface area contributed by atoms with Crippen LogP contribution < -0.4 is 5.56 Å². The van der Waals surface area contributed by atoms with Gasteiger partial charge in [-0.3, -0.25) is 9.20 Å². The number of ether oxygens (including phenoxy) is 1. The van der Waals surface area contributed by atoms with Crippen LogP contribution in [0.3, 0.4) is 0 Å². The number of carbonyl (C=O) groups is 1. The van der Waals surface area contributed by atoms with E-state index in [0.29, 0.717) is 22.6 Å². The molecule has 142 valence electrons. The molecule has 0 fully saturated rings. The van der Waals surface area contributed by atoms with Crippen LogP contribution in [0.2, 0.25) is 0 Å². The van der Waals surface area contributed by atoms with Crippen molar-refractivity contribution in [3.05, 3.63) is 70.0 Å². The predicted octanol–water partition coefficient (Wildman–Crippen LogP) is 2.69. The molecule has 0 saturated heterocycles. The van der Waals surface area contributed by atoms with E-state index < -0.39 is 5.97 Å². The van der Waals surface area contributed by atoms with Crippen LogP contribution in [0, 0.1) is 6.92 Å². The van der Waals surface area contributed by atoms with Crippen LogP contribution in [0.25, 0.3) is 16.7 Å². The van der Waals surface area contributed by atoms with E-state index in [1.807, 2.05) is 32.9 Å². The lowest BCUT2D eigenvalue weighted by atomic mass is 10.2. The fourth-order valence-electron chi connectivity index (χ4n) is 3.09. The van der Waals surface area contributed by atoms with Crippen molar-refractivity contribution in [2.45, 2.75) is 33.4 Å². The van der Waals surface area contributed by atoms with Crippen molar-refractivity contribution in [2.75, 3.05) is 0 Å². The molecule has 0 aliphatic carbocycles. The van der Waals surface area contributed by atoms with E-state index in [9.17, 15) is 9.59 Å². The molecule has 0 atom stereocenters. The molecule has 8 heteroatoms. The lowest BCUT2D eigenvalue weighted by Gasteiger charge is -2.08. The third-order valence-electron chi connectivity index (χ3n) is 4.44. The number of hydrogen-bond acceptors (Lipinski definition) is 6. The minimum atomic E-state index is -0.530. The Hall–Kier alpha value is -3.55. The molecule has 0 aliphatic heterocycles. The first-order valence-corrected chi connectivity index (χ1v) is 8.93. The van der Waals surface area contributed by atoms with E-state index in [2.05, 4.69) is 15.1 Å². The average Bonchev–Trinajstić information content (AvgIpc) is 3.09. The van der Waals surface area contributed by atoms with Gasteiger partial charge in [0, 0.05) is 29.4 Å². The number of fused-ring (bicyclic) bond motifs is 2. The molecule has 0 radical (unpaired) electrons. The summed E-state index contributed by atoms with van der Waals surface area (Å²) in [6, 6.07) is 8.64. The van der Waals surface area contributed by atoms with Gasteiger partial charge in [-0.15, -0.1) is 0 Å². The van der Waals surface area contributed by atoms with E-state index in [1.165, 1.54) is 16.7 Å². The largest absolute Gasteiger partial charge is 0.456 e. The molecule has 0 spiro atoms. The van der Waals surface area contributed by atoms with Gasteiger partial charge >= 0.3 is 5.97 Å². The summed E-state index contributed by atoms with van der Waals surface area (Å²) in [6.45, 7) is 5.76. The normalized spacial score (nSPS) is 11.4. The van der Waals surface area contributed by atoms with Gasteiger partial charge in [0.1, 0.15) is 12.3 Å². The minimum absolute atomic E-state index is 0.0954. The van der Waals surface area contributed by atoms with Gasteiger partial charge in [-0.05, 0) is 39.0 Å². The molecule has 0 saturated carbocycles. The van der Waals surface area contributed by atoms with Crippen LogP contribution in [0.1, 0.15) is 41.6 Å². The number of aryl methyl sites for hydroxylation is 1. The third-order valence-corrected chi connectivity index (χ3v) is 4.44. The first kappa shape index (κ1) is 17.8. The van der Waals surface area contributed by atoms with Gasteiger partial charge in [-0.25, -0.2) is 19.4 Å². The Bertz CT molecular complexity index is 1260. The van der Waals surface area contributed by atoms with Crippen LogP contribution in [-0.4, -0.2) is 30.1 Å². The second-order valence-electron chi connectivity index (χ2n) is 6.84. The molecule has 4 rings (SSSR count). The van der Waals surface area contributed by atoms with Gasteiger partial charge in [0.2, 0.25) is 0 Å². The van der Waals surface area contributed by atoms with Crippen LogP contribution >= 0.6 is 0 Å². The van der Waals surface area contributed by atoms with Crippen molar-refractivity contribution in [1.29, 1.82) is 0 Å². The molecular weight excluding hydrogens is 358 g/mol. The highest BCUT2D eigenvalue weighted by molar-refractivity contribution is 5.92. The maximum Gasteiger partial charge on any atom is 0.340 e. The van der Waals surface area contributed by atoms with Crippen LogP contribution in [0.5, 0.6) is 0 Å². The van der Waals surface area contributed by atoms with Crippen LogP contribution in [0.15, 0.2) is 47.5 Å². The topological polar surface area (TPSA) is 91.4 Å². The van der Waals surface area contributed by atoms with Crippen molar-refractivity contribution in [3.63, 3.8) is 0 Å². The number of nitrogens with zero attached hydrogens (tertiary/aromatic N) is 5. The highest BCUT2D eigenvalue weighted by Crippen LogP contribution is 2.17. The SMILES string of the molecule is Cc1cccc2nc(COC(=O)c3cnc4c(cnn4C(C)C)c3)cc(=O)n12. The lowest BCUT2D eigenvalue weighted by molar-refractivity contribution is 0.0467. The van der Waals surface area contributed by atoms with Crippen molar-refractivity contribution in [1.82, 2.24) is 24.1 Å². The smallest absolute Gasteiger partial charge is 0.340 e. The predicted molar refractivity (Wildman–Crippen MR) is 103 cm³/mol. The van der Waals surface area contributed by atoms with Crippen molar-refractivity contribution >= 4 is 22.6 Å². The van der Waals surface area contributed by atoms with E-state index in [-0.39, 0.29) is 18.2 Å². The second kappa shape index (κ2) is 6.88. The first-order valence-electron chi connectivity index (χ1n) is 8.93. The highest BCUT2D eigenvalue weighted by Gasteiger charge is 2.14. The molecule has 8 nitrogen and oxygen atoms in total. The molecule has 0 bridgehead atoms. The second-order valence-corrected chi connectivity index (χ2v) is 6.84. The summed E-state index contributed by atoms with van der Waals surface area (Å²) in [4.78, 5) is 33.4. The monoisotopic (exact) mass is 377 g/mol. The van der Waals surface area contributed by atoms with Gasteiger partial charge in [0.15, 0.2) is 5.65 Å². The highest BCUT2D eigenvalue weighted by atomic mass is 16.5. The molecule has 4 aromatic heterocycles. The van der Waals surface area contributed by atoms with E-state index in [1.54, 1.807) is 23.0 Å². The summed E-state index contributed by atoms with van der Waals surface area (Å²) in [5.41, 5.74) is 2.53. The van der Waals surface area contributed by atoms with E-state index in [4.69, 9.17) is 4.74 Å². The molecule has 0 aromatic carbocycles. The van der Waals surface area contributed by atoms with Gasteiger partial charge in [-0.1, -0.05) is 6.07 Å². The first-order chi connectivity index (χ1) is 13.4. The fourth-order valence-corrected chi connectivity index (χ4v) is 3.09. The van der Waals surface area contributed by atoms with E-state index >= 15 is 0 Å². The minimum Gasteiger partial charge on any atom is -0.456 e. The Morgan fingerprint density at radius 3 is 2.82 bits per heavy atom. The summed E-state index contributed by atoms with van der Waals surface area (Å²) in [5.74, 6) is -0.530. The average molecular weight is 377 g/mol. The third kappa shape index (κ3) is 3.13. The maximum absolute atomic E-state index is 12.4.